The van der Waals surface area contributed by atoms with E-state index >= 15 is 0 Å². The molecule has 0 bridgehead atoms. The fraction of sp³-hybridized carbons (Fsp3) is 0.562. The van der Waals surface area contributed by atoms with Crippen LogP contribution in [0, 0.1) is 10.1 Å². The summed E-state index contributed by atoms with van der Waals surface area (Å²) in [6, 6.07) is 2.70. The maximum atomic E-state index is 14.0. The first-order chi connectivity index (χ1) is 11.2. The minimum Gasteiger partial charge on any atom is -0.483 e. The van der Waals surface area contributed by atoms with E-state index in [4.69, 9.17) is 4.74 Å². The van der Waals surface area contributed by atoms with Crippen LogP contribution in [-0.2, 0) is 6.54 Å². The van der Waals surface area contributed by atoms with Crippen molar-refractivity contribution in [3.63, 3.8) is 0 Å². The highest BCUT2D eigenvalue weighted by Crippen LogP contribution is 2.38. The molecule has 8 heteroatoms. The summed E-state index contributed by atoms with van der Waals surface area (Å²) >= 11 is 0. The number of carbonyl (C=O) groups is 1. The predicted octanol–water partition coefficient (Wildman–Crippen LogP) is 2.20. The van der Waals surface area contributed by atoms with Crippen molar-refractivity contribution in [2.45, 2.75) is 51.1 Å². The molecule has 7 nitrogen and oxygen atoms in total. The van der Waals surface area contributed by atoms with Crippen molar-refractivity contribution in [2.24, 2.45) is 0 Å². The number of hydrogen-bond donors (Lipinski definition) is 1. The molecule has 1 N–H and O–H groups in total. The Morgan fingerprint density at radius 1 is 1.50 bits per heavy atom. The van der Waals surface area contributed by atoms with Crippen LogP contribution in [0.5, 0.6) is 5.75 Å². The summed E-state index contributed by atoms with van der Waals surface area (Å²) in [7, 11) is 0. The number of nitro groups is 1. The summed E-state index contributed by atoms with van der Waals surface area (Å²) in [4.78, 5) is 24.4. The molecule has 0 radical (unpaired) electrons. The molecule has 1 aromatic rings. The number of benzene rings is 1. The van der Waals surface area contributed by atoms with Gasteiger partial charge in [-0.2, -0.15) is 0 Å². The van der Waals surface area contributed by atoms with Crippen molar-refractivity contribution in [3.05, 3.63) is 33.4 Å². The Morgan fingerprint density at radius 3 is 2.71 bits per heavy atom. The lowest BCUT2D eigenvalue weighted by atomic mass is 10.0. The molecular formula is C16H19FN2O5. The molecule has 1 aliphatic heterocycles. The maximum absolute atomic E-state index is 14.0. The quantitative estimate of drug-likeness (QED) is 0.634. The van der Waals surface area contributed by atoms with Gasteiger partial charge in [-0.05, 0) is 32.3 Å². The normalized spacial score (nSPS) is 18.5. The number of nitro benzene ring substituents is 1. The van der Waals surface area contributed by atoms with Crippen LogP contribution >= 0.6 is 0 Å². The Bertz CT molecular complexity index is 696. The number of ether oxygens (including phenoxy) is 1. The lowest BCUT2D eigenvalue weighted by Crippen LogP contribution is -2.42. The molecule has 1 fully saturated rings. The van der Waals surface area contributed by atoms with Crippen LogP contribution in [0.15, 0.2) is 12.1 Å². The summed E-state index contributed by atoms with van der Waals surface area (Å²) in [6.07, 6.45) is 0.0139. The minimum absolute atomic E-state index is 0.0419. The molecule has 130 valence electrons. The monoisotopic (exact) mass is 338 g/mol. The third-order valence-electron chi connectivity index (χ3n) is 4.23. The molecule has 1 amide bonds. The Balaban J connectivity index is 1.86. The average Bonchev–Trinajstić information content (AvgIpc) is 3.24. The number of halogens is 1. The minimum atomic E-state index is -1.62. The van der Waals surface area contributed by atoms with Crippen LogP contribution in [0.3, 0.4) is 0 Å². The van der Waals surface area contributed by atoms with Gasteiger partial charge in [0, 0.05) is 24.2 Å². The molecule has 1 aliphatic carbocycles. The molecule has 1 atom stereocenters. The van der Waals surface area contributed by atoms with Crippen molar-refractivity contribution in [2.75, 3.05) is 6.54 Å². The molecule has 0 aromatic heterocycles. The van der Waals surface area contributed by atoms with Crippen molar-refractivity contribution in [1.82, 2.24) is 4.90 Å². The Morgan fingerprint density at radius 2 is 2.17 bits per heavy atom. The summed E-state index contributed by atoms with van der Waals surface area (Å²) in [5.74, 6) is -0.330. The smallest absolute Gasteiger partial charge is 0.311 e. The van der Waals surface area contributed by atoms with Crippen LogP contribution in [0.4, 0.5) is 10.1 Å². The number of nitrogens with zero attached hydrogens (tertiary/aromatic N) is 2. The van der Waals surface area contributed by atoms with E-state index in [9.17, 15) is 24.4 Å². The number of rotatable bonds is 6. The van der Waals surface area contributed by atoms with E-state index in [0.717, 1.165) is 12.8 Å². The van der Waals surface area contributed by atoms with Gasteiger partial charge in [-0.3, -0.25) is 14.9 Å². The average molecular weight is 338 g/mol. The zero-order valence-electron chi connectivity index (χ0n) is 13.5. The largest absolute Gasteiger partial charge is 0.483 e. The topological polar surface area (TPSA) is 92.9 Å². The SMILES string of the molecule is CC(C)(O)[C@H](F)CN1Cc2cc([N+](=O)[O-])c(OC3CC3)cc2C1=O. The van der Waals surface area contributed by atoms with E-state index in [1.807, 2.05) is 0 Å². The first kappa shape index (κ1) is 16.6. The summed E-state index contributed by atoms with van der Waals surface area (Å²) in [5, 5.41) is 20.9. The van der Waals surface area contributed by atoms with Gasteiger partial charge >= 0.3 is 5.69 Å². The zero-order valence-corrected chi connectivity index (χ0v) is 13.5. The van der Waals surface area contributed by atoms with E-state index in [1.165, 1.54) is 30.9 Å². The van der Waals surface area contributed by atoms with Crippen molar-refractivity contribution < 1.29 is 24.0 Å². The van der Waals surface area contributed by atoms with Crippen LogP contribution in [-0.4, -0.2) is 45.3 Å². The Kier molecular flexibility index (Phi) is 3.95. The summed E-state index contributed by atoms with van der Waals surface area (Å²) in [5.41, 5.74) is -0.993. The van der Waals surface area contributed by atoms with E-state index < -0.39 is 22.6 Å². The standard InChI is InChI=1S/C16H19FN2O5/c1-16(2,21)14(17)8-18-7-9-5-12(19(22)23)13(24-10-3-4-10)6-11(9)15(18)20/h5-6,10,14,21H,3-4,7-8H2,1-2H3/t14-/m1/s1. The number of hydrogen-bond acceptors (Lipinski definition) is 5. The first-order valence-electron chi connectivity index (χ1n) is 7.80. The van der Waals surface area contributed by atoms with E-state index in [-0.39, 0.29) is 30.6 Å². The van der Waals surface area contributed by atoms with Crippen LogP contribution in [0.2, 0.25) is 0 Å². The third-order valence-corrected chi connectivity index (χ3v) is 4.23. The summed E-state index contributed by atoms with van der Waals surface area (Å²) in [6.45, 7) is 2.47. The molecule has 0 saturated heterocycles. The Labute approximate surface area is 138 Å². The van der Waals surface area contributed by atoms with Gasteiger partial charge in [-0.15, -0.1) is 0 Å². The molecule has 24 heavy (non-hydrogen) atoms. The lowest BCUT2D eigenvalue weighted by Gasteiger charge is -2.26. The van der Waals surface area contributed by atoms with E-state index in [0.29, 0.717) is 11.1 Å². The van der Waals surface area contributed by atoms with Crippen LogP contribution in [0.25, 0.3) is 0 Å². The van der Waals surface area contributed by atoms with Gasteiger partial charge in [0.2, 0.25) is 0 Å². The highest BCUT2D eigenvalue weighted by atomic mass is 19.1. The van der Waals surface area contributed by atoms with Crippen LogP contribution < -0.4 is 4.74 Å². The predicted molar refractivity (Wildman–Crippen MR) is 82.7 cm³/mol. The maximum Gasteiger partial charge on any atom is 0.311 e. The van der Waals surface area contributed by atoms with Gasteiger partial charge < -0.3 is 14.7 Å². The molecule has 0 spiro atoms. The second kappa shape index (κ2) is 5.70. The molecular weight excluding hydrogens is 319 g/mol. The van der Waals surface area contributed by atoms with Gasteiger partial charge in [0.25, 0.3) is 5.91 Å². The zero-order chi connectivity index (χ0) is 17.6. The van der Waals surface area contributed by atoms with E-state index in [1.54, 1.807) is 0 Å². The number of carbonyl (C=O) groups excluding carboxylic acids is 1. The van der Waals surface area contributed by atoms with Crippen molar-refractivity contribution in [1.29, 1.82) is 0 Å². The molecule has 1 heterocycles. The van der Waals surface area contributed by atoms with E-state index in [2.05, 4.69) is 0 Å². The van der Waals surface area contributed by atoms with Crippen molar-refractivity contribution >= 4 is 11.6 Å². The highest BCUT2D eigenvalue weighted by molar-refractivity contribution is 5.99. The highest BCUT2D eigenvalue weighted by Gasteiger charge is 2.37. The van der Waals surface area contributed by atoms with Crippen molar-refractivity contribution in [3.8, 4) is 5.75 Å². The summed E-state index contributed by atoms with van der Waals surface area (Å²) < 4.78 is 19.6. The number of aliphatic hydroxyl groups is 1. The van der Waals surface area contributed by atoms with Gasteiger partial charge in [0.05, 0.1) is 23.2 Å². The second-order valence-electron chi connectivity index (χ2n) is 6.86. The number of amides is 1. The number of alkyl halides is 1. The van der Waals surface area contributed by atoms with Gasteiger partial charge in [0.1, 0.15) is 6.17 Å². The Hall–Kier alpha value is -2.22. The number of fused-ring (bicyclic) bond motifs is 1. The fourth-order valence-electron chi connectivity index (χ4n) is 2.56. The molecule has 3 rings (SSSR count). The third kappa shape index (κ3) is 3.19. The molecule has 0 unspecified atom stereocenters. The van der Waals surface area contributed by atoms with Crippen LogP contribution in [0.1, 0.15) is 42.6 Å². The molecule has 1 aromatic carbocycles. The van der Waals surface area contributed by atoms with Gasteiger partial charge in [-0.25, -0.2) is 4.39 Å². The molecule has 2 aliphatic rings. The molecule has 1 saturated carbocycles. The fourth-order valence-corrected chi connectivity index (χ4v) is 2.56. The first-order valence-corrected chi connectivity index (χ1v) is 7.80. The second-order valence-corrected chi connectivity index (χ2v) is 6.86. The van der Waals surface area contributed by atoms with Gasteiger partial charge in [0.15, 0.2) is 5.75 Å². The van der Waals surface area contributed by atoms with Gasteiger partial charge in [-0.1, -0.05) is 0 Å². The lowest BCUT2D eigenvalue weighted by molar-refractivity contribution is -0.386.